The van der Waals surface area contributed by atoms with Crippen LogP contribution in [0.2, 0.25) is 0 Å². The van der Waals surface area contributed by atoms with Crippen molar-refractivity contribution in [2.24, 2.45) is 4.99 Å². The van der Waals surface area contributed by atoms with Gasteiger partial charge in [0, 0.05) is 33.1 Å². The maximum Gasteiger partial charge on any atom is 0.222 e. The van der Waals surface area contributed by atoms with E-state index in [1.807, 2.05) is 54.6 Å². The van der Waals surface area contributed by atoms with Gasteiger partial charge in [-0.15, -0.1) is 0 Å². The van der Waals surface area contributed by atoms with Crippen LogP contribution in [0.1, 0.15) is 17.5 Å². The summed E-state index contributed by atoms with van der Waals surface area (Å²) in [6.07, 6.45) is 1.27. The number of hydrogen-bond donors (Lipinski definition) is 3. The lowest BCUT2D eigenvalue weighted by molar-refractivity contribution is -0.121. The molecule has 0 heterocycles. The molecule has 0 aliphatic carbocycles. The molecule has 6 heteroatoms. The number of rotatable bonds is 9. The van der Waals surface area contributed by atoms with E-state index in [0.29, 0.717) is 25.5 Å². The summed E-state index contributed by atoms with van der Waals surface area (Å²) in [5.74, 6) is 1.56. The molecule has 2 aromatic rings. The third-order valence-corrected chi connectivity index (χ3v) is 4.07. The van der Waals surface area contributed by atoms with E-state index >= 15 is 0 Å². The van der Waals surface area contributed by atoms with Crippen molar-refractivity contribution in [3.8, 4) is 5.75 Å². The molecule has 27 heavy (non-hydrogen) atoms. The number of methoxy groups -OCH3 is 1. The van der Waals surface area contributed by atoms with Crippen molar-refractivity contribution in [1.29, 1.82) is 0 Å². The molecule has 0 aromatic heterocycles. The molecule has 0 bridgehead atoms. The molecule has 0 saturated carbocycles. The van der Waals surface area contributed by atoms with Gasteiger partial charge in [-0.25, -0.2) is 0 Å². The first-order valence-corrected chi connectivity index (χ1v) is 9.09. The fourth-order valence-corrected chi connectivity index (χ4v) is 2.52. The van der Waals surface area contributed by atoms with Crippen molar-refractivity contribution in [3.63, 3.8) is 0 Å². The number of aliphatic imine (C=N–C) groups is 1. The molecule has 3 N–H and O–H groups in total. The maximum atomic E-state index is 11.9. The smallest absolute Gasteiger partial charge is 0.222 e. The number of hydrogen-bond acceptors (Lipinski definition) is 3. The second-order valence-electron chi connectivity index (χ2n) is 6.04. The minimum Gasteiger partial charge on any atom is -0.497 e. The molecule has 2 aromatic carbocycles. The van der Waals surface area contributed by atoms with Crippen LogP contribution in [-0.4, -0.2) is 39.1 Å². The topological polar surface area (TPSA) is 74.8 Å². The monoisotopic (exact) mass is 368 g/mol. The van der Waals surface area contributed by atoms with E-state index in [1.165, 1.54) is 5.56 Å². The van der Waals surface area contributed by atoms with E-state index in [4.69, 9.17) is 4.74 Å². The molecule has 0 fully saturated rings. The van der Waals surface area contributed by atoms with Crippen molar-refractivity contribution in [2.75, 3.05) is 27.2 Å². The minimum atomic E-state index is 0.0139. The summed E-state index contributed by atoms with van der Waals surface area (Å²) in [7, 11) is 3.38. The normalized spacial score (nSPS) is 11.0. The van der Waals surface area contributed by atoms with Crippen molar-refractivity contribution < 1.29 is 9.53 Å². The van der Waals surface area contributed by atoms with Gasteiger partial charge in [0.1, 0.15) is 5.75 Å². The van der Waals surface area contributed by atoms with Gasteiger partial charge in [0.2, 0.25) is 5.91 Å². The lowest BCUT2D eigenvalue weighted by Crippen LogP contribution is -2.40. The second kappa shape index (κ2) is 11.6. The highest BCUT2D eigenvalue weighted by atomic mass is 16.5. The van der Waals surface area contributed by atoms with E-state index in [1.54, 1.807) is 14.2 Å². The minimum absolute atomic E-state index is 0.0139. The molecule has 0 spiro atoms. The van der Waals surface area contributed by atoms with Crippen LogP contribution in [0.4, 0.5) is 0 Å². The number of amides is 1. The largest absolute Gasteiger partial charge is 0.497 e. The molecule has 144 valence electrons. The van der Waals surface area contributed by atoms with Crippen molar-refractivity contribution in [3.05, 3.63) is 65.7 Å². The zero-order valence-electron chi connectivity index (χ0n) is 16.0. The number of nitrogens with zero attached hydrogens (tertiary/aromatic N) is 1. The van der Waals surface area contributed by atoms with Crippen LogP contribution in [0.15, 0.2) is 59.6 Å². The third-order valence-electron chi connectivity index (χ3n) is 4.07. The number of carbonyl (C=O) groups is 1. The Balaban J connectivity index is 1.61. The predicted molar refractivity (Wildman–Crippen MR) is 109 cm³/mol. The number of benzene rings is 2. The lowest BCUT2D eigenvalue weighted by Gasteiger charge is -2.12. The Hall–Kier alpha value is -3.02. The fourth-order valence-electron chi connectivity index (χ4n) is 2.52. The number of nitrogens with one attached hydrogen (secondary N) is 3. The molecule has 6 nitrogen and oxygen atoms in total. The van der Waals surface area contributed by atoms with Gasteiger partial charge in [-0.2, -0.15) is 0 Å². The summed E-state index contributed by atoms with van der Waals surface area (Å²) in [4.78, 5) is 16.1. The van der Waals surface area contributed by atoms with Gasteiger partial charge in [-0.1, -0.05) is 42.5 Å². The van der Waals surface area contributed by atoms with Gasteiger partial charge < -0.3 is 20.7 Å². The highest BCUT2D eigenvalue weighted by molar-refractivity contribution is 5.81. The van der Waals surface area contributed by atoms with Gasteiger partial charge >= 0.3 is 0 Å². The average molecular weight is 368 g/mol. The highest BCUT2D eigenvalue weighted by Gasteiger charge is 2.03. The molecular formula is C21H28N4O2. The lowest BCUT2D eigenvalue weighted by atomic mass is 10.1. The van der Waals surface area contributed by atoms with Gasteiger partial charge in [0.15, 0.2) is 5.96 Å². The van der Waals surface area contributed by atoms with Gasteiger partial charge in [0.25, 0.3) is 0 Å². The van der Waals surface area contributed by atoms with Crippen LogP contribution in [0.25, 0.3) is 0 Å². The van der Waals surface area contributed by atoms with E-state index in [-0.39, 0.29) is 5.91 Å². The summed E-state index contributed by atoms with van der Waals surface area (Å²) in [5, 5.41) is 9.33. The molecule has 2 rings (SSSR count). The van der Waals surface area contributed by atoms with E-state index in [0.717, 1.165) is 24.3 Å². The Bertz CT molecular complexity index is 715. The Morgan fingerprint density at radius 1 is 0.926 bits per heavy atom. The predicted octanol–water partition coefficient (Wildman–Crippen LogP) is 2.11. The Morgan fingerprint density at radius 2 is 1.63 bits per heavy atom. The van der Waals surface area contributed by atoms with Crippen LogP contribution in [0, 0.1) is 0 Å². The summed E-state index contributed by atoms with van der Waals surface area (Å²) < 4.78 is 5.16. The van der Waals surface area contributed by atoms with Gasteiger partial charge in [-0.05, 0) is 29.7 Å². The molecule has 0 saturated heterocycles. The maximum absolute atomic E-state index is 11.9. The van der Waals surface area contributed by atoms with Crippen LogP contribution in [0.3, 0.4) is 0 Å². The third kappa shape index (κ3) is 7.81. The van der Waals surface area contributed by atoms with Crippen LogP contribution < -0.4 is 20.7 Å². The Kier molecular flexibility index (Phi) is 8.69. The van der Waals surface area contributed by atoms with Gasteiger partial charge in [0.05, 0.1) is 7.11 Å². The molecule has 0 radical (unpaired) electrons. The van der Waals surface area contributed by atoms with Crippen LogP contribution >= 0.6 is 0 Å². The molecule has 0 atom stereocenters. The molecule has 0 aliphatic heterocycles. The summed E-state index contributed by atoms with van der Waals surface area (Å²) in [6, 6.07) is 17.9. The van der Waals surface area contributed by atoms with E-state index in [2.05, 4.69) is 20.9 Å². The molecular weight excluding hydrogens is 340 g/mol. The van der Waals surface area contributed by atoms with Crippen molar-refractivity contribution in [2.45, 2.75) is 19.4 Å². The summed E-state index contributed by atoms with van der Waals surface area (Å²) in [6.45, 7) is 1.84. The van der Waals surface area contributed by atoms with E-state index in [9.17, 15) is 4.79 Å². The molecule has 0 aliphatic rings. The Labute approximate surface area is 161 Å². The fraction of sp³-hybridized carbons (Fsp3) is 0.333. The van der Waals surface area contributed by atoms with Crippen LogP contribution in [0.5, 0.6) is 5.75 Å². The highest BCUT2D eigenvalue weighted by Crippen LogP contribution is 2.11. The second-order valence-corrected chi connectivity index (χ2v) is 6.04. The number of ether oxygens (including phenoxy) is 1. The SMILES string of the molecule is CN=C(NCCC(=O)NCc1ccccc1)NCCc1ccc(OC)cc1. The molecule has 1 amide bonds. The van der Waals surface area contributed by atoms with Crippen LogP contribution in [-0.2, 0) is 17.8 Å². The standard InChI is InChI=1S/C21H28N4O2/c1-22-21(23-14-12-17-8-10-19(27-2)11-9-17)24-15-13-20(26)25-16-18-6-4-3-5-7-18/h3-11H,12-16H2,1-2H3,(H,25,26)(H2,22,23,24). The first kappa shape index (κ1) is 20.3. The zero-order valence-corrected chi connectivity index (χ0v) is 16.0. The zero-order chi connectivity index (χ0) is 19.3. The number of guanidine groups is 1. The first-order chi connectivity index (χ1) is 13.2. The first-order valence-electron chi connectivity index (χ1n) is 9.09. The number of carbonyl (C=O) groups excluding carboxylic acids is 1. The molecule has 0 unspecified atom stereocenters. The summed E-state index contributed by atoms with van der Waals surface area (Å²) in [5.41, 5.74) is 2.31. The average Bonchev–Trinajstić information content (AvgIpc) is 2.72. The quantitative estimate of drug-likeness (QED) is 0.468. The van der Waals surface area contributed by atoms with Crippen molar-refractivity contribution in [1.82, 2.24) is 16.0 Å². The van der Waals surface area contributed by atoms with Crippen molar-refractivity contribution >= 4 is 11.9 Å². The Morgan fingerprint density at radius 3 is 2.30 bits per heavy atom. The summed E-state index contributed by atoms with van der Waals surface area (Å²) >= 11 is 0. The van der Waals surface area contributed by atoms with Gasteiger partial charge in [-0.3, -0.25) is 9.79 Å². The van der Waals surface area contributed by atoms with E-state index < -0.39 is 0 Å².